The molecule has 1 aromatic heterocycles. The van der Waals surface area contributed by atoms with Crippen LogP contribution >= 0.6 is 27.5 Å². The summed E-state index contributed by atoms with van der Waals surface area (Å²) in [6, 6.07) is 1.86. The second-order valence-corrected chi connectivity index (χ2v) is 3.38. The topological polar surface area (TPSA) is 12.9 Å². The molecule has 0 N–H and O–H groups in total. The molecule has 0 unspecified atom stereocenters. The number of nitrogens with zero attached hydrogens (tertiary/aromatic N) is 1. The van der Waals surface area contributed by atoms with E-state index in [-0.39, 0.29) is 0 Å². The molecule has 0 amide bonds. The van der Waals surface area contributed by atoms with Crippen LogP contribution in [0.25, 0.3) is 0 Å². The average molecular weight is 220 g/mol. The predicted molar refractivity (Wildman–Crippen MR) is 46.4 cm³/mol. The van der Waals surface area contributed by atoms with Gasteiger partial charge in [-0.1, -0.05) is 11.6 Å². The summed E-state index contributed by atoms with van der Waals surface area (Å²) < 4.78 is 0.961. The van der Waals surface area contributed by atoms with E-state index >= 15 is 0 Å². The molecule has 54 valence electrons. The molecule has 1 rings (SSSR count). The van der Waals surface area contributed by atoms with Crippen molar-refractivity contribution < 1.29 is 0 Å². The standard InChI is InChI=1S/C7H7BrClN/c1-4-6(8)3-7(9)5(2)10-4/h3H,1-2H3. The normalized spacial score (nSPS) is 10.0. The summed E-state index contributed by atoms with van der Waals surface area (Å²) in [4.78, 5) is 4.19. The highest BCUT2D eigenvalue weighted by Crippen LogP contribution is 2.21. The van der Waals surface area contributed by atoms with Gasteiger partial charge in [-0.2, -0.15) is 0 Å². The molecule has 0 bridgehead atoms. The van der Waals surface area contributed by atoms with Gasteiger partial charge >= 0.3 is 0 Å². The van der Waals surface area contributed by atoms with Crippen molar-refractivity contribution in [1.29, 1.82) is 0 Å². The molecule has 0 aliphatic heterocycles. The highest BCUT2D eigenvalue weighted by atomic mass is 79.9. The molecule has 0 aromatic carbocycles. The molecule has 1 nitrogen and oxygen atoms in total. The lowest BCUT2D eigenvalue weighted by Crippen LogP contribution is -1.87. The van der Waals surface area contributed by atoms with Crippen molar-refractivity contribution in [2.24, 2.45) is 0 Å². The number of halogens is 2. The summed E-state index contributed by atoms with van der Waals surface area (Å²) in [5.41, 5.74) is 1.85. The molecule has 0 saturated heterocycles. The van der Waals surface area contributed by atoms with Gasteiger partial charge in [-0.05, 0) is 35.8 Å². The molecule has 0 saturated carbocycles. The highest BCUT2D eigenvalue weighted by Gasteiger charge is 2.00. The zero-order valence-electron chi connectivity index (χ0n) is 5.78. The first-order valence-electron chi connectivity index (χ1n) is 2.90. The largest absolute Gasteiger partial charge is 0.256 e. The Bertz CT molecular complexity index is 210. The van der Waals surface area contributed by atoms with E-state index in [1.54, 1.807) is 0 Å². The molecule has 10 heavy (non-hydrogen) atoms. The Hall–Kier alpha value is -0.0800. The first kappa shape index (κ1) is 8.02. The Balaban J connectivity index is 3.28. The molecule has 1 aromatic rings. The Morgan fingerprint density at radius 2 is 2.00 bits per heavy atom. The number of rotatable bonds is 0. The minimum absolute atomic E-state index is 0.706. The van der Waals surface area contributed by atoms with E-state index in [2.05, 4.69) is 20.9 Å². The number of pyridine rings is 1. The van der Waals surface area contributed by atoms with Crippen LogP contribution in [0, 0.1) is 13.8 Å². The first-order chi connectivity index (χ1) is 4.61. The number of aryl methyl sites for hydroxylation is 2. The fourth-order valence-corrected chi connectivity index (χ4v) is 1.28. The lowest BCUT2D eigenvalue weighted by atomic mass is 10.3. The van der Waals surface area contributed by atoms with Crippen LogP contribution in [0.2, 0.25) is 5.02 Å². The van der Waals surface area contributed by atoms with Gasteiger partial charge in [0.05, 0.1) is 16.4 Å². The maximum absolute atomic E-state index is 5.79. The van der Waals surface area contributed by atoms with E-state index in [0.717, 1.165) is 15.9 Å². The predicted octanol–water partition coefficient (Wildman–Crippen LogP) is 3.11. The SMILES string of the molecule is Cc1nc(C)c(Br)cc1Cl. The molecule has 3 heteroatoms. The summed E-state index contributed by atoms with van der Waals surface area (Å²) in [7, 11) is 0. The highest BCUT2D eigenvalue weighted by molar-refractivity contribution is 9.10. The van der Waals surface area contributed by atoms with Gasteiger partial charge < -0.3 is 0 Å². The van der Waals surface area contributed by atoms with E-state index in [0.29, 0.717) is 5.02 Å². The minimum atomic E-state index is 0.706. The van der Waals surface area contributed by atoms with Crippen molar-refractivity contribution in [2.75, 3.05) is 0 Å². The van der Waals surface area contributed by atoms with E-state index in [4.69, 9.17) is 11.6 Å². The van der Waals surface area contributed by atoms with E-state index in [1.165, 1.54) is 0 Å². The molecule has 0 atom stereocenters. The molecule has 0 radical (unpaired) electrons. The van der Waals surface area contributed by atoms with Crippen molar-refractivity contribution in [3.05, 3.63) is 26.9 Å². The summed E-state index contributed by atoms with van der Waals surface area (Å²) >= 11 is 9.13. The van der Waals surface area contributed by atoms with Gasteiger partial charge in [-0.25, -0.2) is 0 Å². The Kier molecular flexibility index (Phi) is 2.32. The van der Waals surface area contributed by atoms with Crippen LogP contribution < -0.4 is 0 Å². The Morgan fingerprint density at radius 3 is 2.50 bits per heavy atom. The number of hydrogen-bond donors (Lipinski definition) is 0. The van der Waals surface area contributed by atoms with Crippen molar-refractivity contribution in [1.82, 2.24) is 4.98 Å². The lowest BCUT2D eigenvalue weighted by Gasteiger charge is -2.00. The summed E-state index contributed by atoms with van der Waals surface area (Å²) in [6.07, 6.45) is 0. The van der Waals surface area contributed by atoms with Crippen LogP contribution in [-0.2, 0) is 0 Å². The third kappa shape index (κ3) is 1.50. The van der Waals surface area contributed by atoms with Crippen molar-refractivity contribution in [2.45, 2.75) is 13.8 Å². The summed E-state index contributed by atoms with van der Waals surface area (Å²) in [5.74, 6) is 0. The lowest BCUT2D eigenvalue weighted by molar-refractivity contribution is 1.11. The van der Waals surface area contributed by atoms with Gasteiger partial charge in [-0.3, -0.25) is 4.98 Å². The van der Waals surface area contributed by atoms with E-state index in [1.807, 2.05) is 19.9 Å². The van der Waals surface area contributed by atoms with Gasteiger partial charge in [0.2, 0.25) is 0 Å². The van der Waals surface area contributed by atoms with Crippen LogP contribution in [0.5, 0.6) is 0 Å². The van der Waals surface area contributed by atoms with Gasteiger partial charge in [0.25, 0.3) is 0 Å². The van der Waals surface area contributed by atoms with Crippen LogP contribution in [0.1, 0.15) is 11.4 Å². The Morgan fingerprint density at radius 1 is 1.40 bits per heavy atom. The van der Waals surface area contributed by atoms with Gasteiger partial charge in [0.1, 0.15) is 0 Å². The third-order valence-corrected chi connectivity index (χ3v) is 2.47. The fraction of sp³-hybridized carbons (Fsp3) is 0.286. The maximum atomic E-state index is 5.79. The monoisotopic (exact) mass is 219 g/mol. The quantitative estimate of drug-likeness (QED) is 0.655. The number of hydrogen-bond acceptors (Lipinski definition) is 1. The molecule has 0 aliphatic carbocycles. The fourth-order valence-electron chi connectivity index (χ4n) is 0.679. The average Bonchev–Trinajstić information content (AvgIpc) is 1.84. The Labute approximate surface area is 73.6 Å². The second-order valence-electron chi connectivity index (χ2n) is 2.12. The smallest absolute Gasteiger partial charge is 0.0630 e. The van der Waals surface area contributed by atoms with Crippen LogP contribution in [0.15, 0.2) is 10.5 Å². The first-order valence-corrected chi connectivity index (χ1v) is 4.07. The molecular formula is C7H7BrClN. The van der Waals surface area contributed by atoms with Crippen LogP contribution in [-0.4, -0.2) is 4.98 Å². The molecule has 0 fully saturated rings. The van der Waals surface area contributed by atoms with Crippen molar-refractivity contribution >= 4 is 27.5 Å². The van der Waals surface area contributed by atoms with Gasteiger partial charge in [-0.15, -0.1) is 0 Å². The maximum Gasteiger partial charge on any atom is 0.0630 e. The van der Waals surface area contributed by atoms with Gasteiger partial charge in [0.15, 0.2) is 0 Å². The van der Waals surface area contributed by atoms with Gasteiger partial charge in [0, 0.05) is 4.47 Å². The molecular weight excluding hydrogens is 213 g/mol. The zero-order valence-corrected chi connectivity index (χ0v) is 8.12. The molecule has 1 heterocycles. The summed E-state index contributed by atoms with van der Waals surface area (Å²) in [5, 5.41) is 0.706. The van der Waals surface area contributed by atoms with Crippen molar-refractivity contribution in [3.8, 4) is 0 Å². The third-order valence-electron chi connectivity index (χ3n) is 1.28. The van der Waals surface area contributed by atoms with E-state index < -0.39 is 0 Å². The summed E-state index contributed by atoms with van der Waals surface area (Å²) in [6.45, 7) is 3.83. The molecule has 0 aliphatic rings. The molecule has 0 spiro atoms. The number of aromatic nitrogens is 1. The second kappa shape index (κ2) is 2.89. The van der Waals surface area contributed by atoms with E-state index in [9.17, 15) is 0 Å². The zero-order chi connectivity index (χ0) is 7.72. The van der Waals surface area contributed by atoms with Crippen LogP contribution in [0.3, 0.4) is 0 Å². The van der Waals surface area contributed by atoms with Crippen molar-refractivity contribution in [3.63, 3.8) is 0 Å². The van der Waals surface area contributed by atoms with Crippen LogP contribution in [0.4, 0.5) is 0 Å². The minimum Gasteiger partial charge on any atom is -0.256 e.